The van der Waals surface area contributed by atoms with E-state index in [9.17, 15) is 4.39 Å². The molecule has 232 valence electrons. The van der Waals surface area contributed by atoms with E-state index in [2.05, 4.69) is 77.7 Å². The number of ether oxygens (including phenoxy) is 1. The van der Waals surface area contributed by atoms with Gasteiger partial charge in [-0.2, -0.15) is 0 Å². The Labute approximate surface area is 257 Å². The van der Waals surface area contributed by atoms with Crippen molar-refractivity contribution in [2.75, 3.05) is 71.6 Å². The van der Waals surface area contributed by atoms with E-state index >= 15 is 0 Å². The first-order chi connectivity index (χ1) is 20.5. The summed E-state index contributed by atoms with van der Waals surface area (Å²) in [5.74, 6) is 1.09. The molecule has 1 N–H and O–H groups in total. The molecule has 42 heavy (non-hydrogen) atoms. The standard InChI is InChI=1S/C33H51FN6OS/c1-7-14-27(15-13-17-34)31-26-42-33(36-31)37(6)32(30(10-4)35-5)40-18-12-11-16-29(24-40)39-21-19-38(20-22-39)28(9-3)25-41-23-8-2/h7,11,13-16,24,26,28,35H,1,8-10,12,17-23,25H2,2-6H3/b15-13-,27-14+,32-30-. The highest BCUT2D eigenvalue weighted by molar-refractivity contribution is 7.13. The van der Waals surface area contributed by atoms with Gasteiger partial charge in [-0.3, -0.25) is 4.90 Å². The fourth-order valence-corrected chi connectivity index (χ4v) is 6.21. The summed E-state index contributed by atoms with van der Waals surface area (Å²) in [6.45, 7) is 16.5. The monoisotopic (exact) mass is 598 g/mol. The number of hydrogen-bond donors (Lipinski definition) is 1. The summed E-state index contributed by atoms with van der Waals surface area (Å²) in [4.78, 5) is 14.6. The zero-order valence-electron chi connectivity index (χ0n) is 26.3. The molecule has 9 heteroatoms. The summed E-state index contributed by atoms with van der Waals surface area (Å²) in [6, 6.07) is 0.484. The quantitative estimate of drug-likeness (QED) is 0.175. The highest BCUT2D eigenvalue weighted by Crippen LogP contribution is 2.31. The Kier molecular flexibility index (Phi) is 14.4. The van der Waals surface area contributed by atoms with Crippen LogP contribution in [0.4, 0.5) is 9.52 Å². The number of hydrogen-bond acceptors (Lipinski definition) is 8. The van der Waals surface area contributed by atoms with Crippen LogP contribution in [0, 0.1) is 0 Å². The normalized spacial score (nSPS) is 18.1. The van der Waals surface area contributed by atoms with Crippen molar-refractivity contribution in [3.05, 3.63) is 77.5 Å². The van der Waals surface area contributed by atoms with Gasteiger partial charge in [0.15, 0.2) is 5.13 Å². The summed E-state index contributed by atoms with van der Waals surface area (Å²) >= 11 is 1.58. The minimum atomic E-state index is -0.514. The Morgan fingerprint density at radius 3 is 2.67 bits per heavy atom. The molecular weight excluding hydrogens is 547 g/mol. The van der Waals surface area contributed by atoms with Crippen molar-refractivity contribution in [1.29, 1.82) is 0 Å². The molecule has 2 aliphatic rings. The van der Waals surface area contributed by atoms with Crippen molar-refractivity contribution in [3.63, 3.8) is 0 Å². The van der Waals surface area contributed by atoms with Crippen LogP contribution in [0.25, 0.3) is 5.57 Å². The number of piperazine rings is 1. The van der Waals surface area contributed by atoms with Crippen LogP contribution in [-0.2, 0) is 4.74 Å². The predicted octanol–water partition coefficient (Wildman–Crippen LogP) is 6.40. The van der Waals surface area contributed by atoms with E-state index in [1.807, 2.05) is 18.5 Å². The van der Waals surface area contributed by atoms with E-state index in [4.69, 9.17) is 9.72 Å². The number of nitrogens with one attached hydrogen (secondary N) is 1. The molecule has 0 aliphatic carbocycles. The predicted molar refractivity (Wildman–Crippen MR) is 177 cm³/mol. The van der Waals surface area contributed by atoms with Crippen molar-refractivity contribution < 1.29 is 9.13 Å². The van der Waals surface area contributed by atoms with Crippen LogP contribution in [0.2, 0.25) is 0 Å². The van der Waals surface area contributed by atoms with Gasteiger partial charge in [0.25, 0.3) is 0 Å². The molecule has 1 unspecified atom stereocenters. The molecule has 0 radical (unpaired) electrons. The first kappa shape index (κ1) is 33.6. The van der Waals surface area contributed by atoms with Crippen LogP contribution in [0.5, 0.6) is 0 Å². The molecular formula is C33H51FN6OS. The molecule has 0 bridgehead atoms. The number of rotatable bonds is 16. The van der Waals surface area contributed by atoms with Crippen molar-refractivity contribution in [1.82, 2.24) is 25.0 Å². The smallest absolute Gasteiger partial charge is 0.191 e. The van der Waals surface area contributed by atoms with Gasteiger partial charge in [0.05, 0.1) is 23.7 Å². The first-order valence-corrected chi connectivity index (χ1v) is 16.3. The van der Waals surface area contributed by atoms with Crippen LogP contribution < -0.4 is 10.2 Å². The molecule has 1 atom stereocenters. The van der Waals surface area contributed by atoms with Crippen molar-refractivity contribution in [2.24, 2.45) is 0 Å². The van der Waals surface area contributed by atoms with Gasteiger partial charge in [-0.25, -0.2) is 9.37 Å². The summed E-state index contributed by atoms with van der Waals surface area (Å²) in [5.41, 5.74) is 4.04. The number of anilines is 1. The largest absolute Gasteiger partial charge is 0.389 e. The lowest BCUT2D eigenvalue weighted by molar-refractivity contribution is 0.0368. The molecule has 0 aromatic carbocycles. The van der Waals surface area contributed by atoms with Gasteiger partial charge >= 0.3 is 0 Å². The highest BCUT2D eigenvalue weighted by Gasteiger charge is 2.26. The highest BCUT2D eigenvalue weighted by atomic mass is 32.1. The number of thiazole rings is 1. The van der Waals surface area contributed by atoms with Crippen molar-refractivity contribution in [3.8, 4) is 0 Å². The second-order valence-electron chi connectivity index (χ2n) is 10.5. The number of nitrogens with zero attached hydrogens (tertiary/aromatic N) is 5. The van der Waals surface area contributed by atoms with Crippen molar-refractivity contribution >= 4 is 22.0 Å². The minimum absolute atomic E-state index is 0.484. The van der Waals surface area contributed by atoms with E-state index in [-0.39, 0.29) is 0 Å². The lowest BCUT2D eigenvalue weighted by Gasteiger charge is -2.40. The third kappa shape index (κ3) is 9.06. The van der Waals surface area contributed by atoms with E-state index in [0.29, 0.717) is 6.04 Å². The molecule has 0 spiro atoms. The summed E-state index contributed by atoms with van der Waals surface area (Å²) in [6.07, 6.45) is 17.7. The fourth-order valence-electron chi connectivity index (χ4n) is 5.41. The average Bonchev–Trinajstić information content (AvgIpc) is 3.39. The van der Waals surface area contributed by atoms with E-state index in [0.717, 1.165) is 99.5 Å². The summed E-state index contributed by atoms with van der Waals surface area (Å²) < 4.78 is 18.7. The minimum Gasteiger partial charge on any atom is -0.389 e. The van der Waals surface area contributed by atoms with Gasteiger partial charge < -0.3 is 24.8 Å². The first-order valence-electron chi connectivity index (χ1n) is 15.4. The number of halogens is 1. The van der Waals surface area contributed by atoms with Crippen LogP contribution in [-0.4, -0.2) is 92.4 Å². The Balaban J connectivity index is 1.83. The molecule has 1 aromatic rings. The Morgan fingerprint density at radius 2 is 2.02 bits per heavy atom. The molecule has 7 nitrogen and oxygen atoms in total. The Morgan fingerprint density at radius 1 is 1.24 bits per heavy atom. The van der Waals surface area contributed by atoms with Gasteiger partial charge in [-0.1, -0.05) is 57.7 Å². The third-order valence-electron chi connectivity index (χ3n) is 7.71. The van der Waals surface area contributed by atoms with Crippen LogP contribution in [0.3, 0.4) is 0 Å². The molecule has 3 rings (SSSR count). The van der Waals surface area contributed by atoms with Crippen LogP contribution in [0.1, 0.15) is 52.1 Å². The number of alkyl halides is 1. The average molecular weight is 599 g/mol. The van der Waals surface area contributed by atoms with Crippen molar-refractivity contribution in [2.45, 2.75) is 52.5 Å². The van der Waals surface area contributed by atoms with E-state index in [1.54, 1.807) is 23.5 Å². The van der Waals surface area contributed by atoms with Crippen LogP contribution >= 0.6 is 11.3 Å². The second-order valence-corrected chi connectivity index (χ2v) is 11.3. The molecule has 1 aromatic heterocycles. The van der Waals surface area contributed by atoms with Gasteiger partial charge in [-0.05, 0) is 31.8 Å². The number of allylic oxidation sites excluding steroid dienone is 7. The summed E-state index contributed by atoms with van der Waals surface area (Å²) in [7, 11) is 4.07. The molecule has 1 fully saturated rings. The molecule has 0 saturated carbocycles. The zero-order valence-corrected chi connectivity index (χ0v) is 27.1. The Hall–Kier alpha value is -2.88. The zero-order chi connectivity index (χ0) is 30.3. The lowest BCUT2D eigenvalue weighted by Crippen LogP contribution is -2.51. The molecule has 2 aliphatic heterocycles. The summed E-state index contributed by atoms with van der Waals surface area (Å²) in [5, 5.41) is 6.35. The van der Waals surface area contributed by atoms with Gasteiger partial charge in [-0.15, -0.1) is 11.3 Å². The maximum atomic E-state index is 12.8. The second kappa shape index (κ2) is 17.9. The lowest BCUT2D eigenvalue weighted by atomic mass is 10.1. The molecule has 1 saturated heterocycles. The molecule has 3 heterocycles. The topological polar surface area (TPSA) is 47.1 Å². The van der Waals surface area contributed by atoms with E-state index in [1.165, 1.54) is 11.8 Å². The van der Waals surface area contributed by atoms with Gasteiger partial charge in [0, 0.05) is 76.6 Å². The molecule has 0 amide bonds. The third-order valence-corrected chi connectivity index (χ3v) is 8.63. The SMILES string of the molecule is C=C/C=C(\C=C/CF)c1csc(N(C)/C(=C(\CC)NC)N2C=C(N3CCN(C(CC)COCCC)CC3)C=CCC2)n1. The fraction of sp³-hybridized carbons (Fsp3) is 0.545. The maximum absolute atomic E-state index is 12.8. The van der Waals surface area contributed by atoms with Gasteiger partial charge in [0.2, 0.25) is 0 Å². The van der Waals surface area contributed by atoms with E-state index < -0.39 is 6.67 Å². The maximum Gasteiger partial charge on any atom is 0.191 e. The number of aromatic nitrogens is 1. The van der Waals surface area contributed by atoms with Gasteiger partial charge in [0.1, 0.15) is 12.5 Å². The Bertz CT molecular complexity index is 1130. The van der Waals surface area contributed by atoms with Crippen LogP contribution in [0.15, 0.2) is 71.8 Å².